The number of rotatable bonds is 7. The van der Waals surface area contributed by atoms with E-state index in [-0.39, 0.29) is 0 Å². The summed E-state index contributed by atoms with van der Waals surface area (Å²) in [4.78, 5) is 2.65. The number of nitrogens with zero attached hydrogens (tertiary/aromatic N) is 1. The predicted octanol–water partition coefficient (Wildman–Crippen LogP) is 2.33. The van der Waals surface area contributed by atoms with Crippen LogP contribution >= 0.6 is 11.8 Å². The molecule has 0 aromatic rings. The summed E-state index contributed by atoms with van der Waals surface area (Å²) in [7, 11) is 0. The van der Waals surface area contributed by atoms with Crippen molar-refractivity contribution in [3.63, 3.8) is 0 Å². The highest BCUT2D eigenvalue weighted by molar-refractivity contribution is 8.00. The summed E-state index contributed by atoms with van der Waals surface area (Å²) in [6.07, 6.45) is 6.57. The fraction of sp³-hybridized carbons (Fsp3) is 1.00. The van der Waals surface area contributed by atoms with Crippen molar-refractivity contribution in [3.05, 3.63) is 0 Å². The van der Waals surface area contributed by atoms with E-state index in [1.807, 2.05) is 0 Å². The number of unbranched alkanes of at least 4 members (excludes halogenated alkanes) is 3. The predicted molar refractivity (Wildman–Crippen MR) is 70.5 cm³/mol. The second kappa shape index (κ2) is 8.43. The van der Waals surface area contributed by atoms with Gasteiger partial charge in [0.05, 0.1) is 0 Å². The van der Waals surface area contributed by atoms with Crippen LogP contribution in [0, 0.1) is 0 Å². The molecule has 0 aliphatic carbocycles. The molecule has 90 valence electrons. The number of hydrogen-bond donors (Lipinski definition) is 1. The Morgan fingerprint density at radius 3 is 2.80 bits per heavy atom. The van der Waals surface area contributed by atoms with E-state index in [0.717, 1.165) is 11.8 Å². The van der Waals surface area contributed by atoms with Crippen molar-refractivity contribution in [2.75, 3.05) is 31.9 Å². The number of hydrogen-bond acceptors (Lipinski definition) is 3. The molecule has 0 spiro atoms. The Balaban J connectivity index is 2.00. The zero-order valence-electron chi connectivity index (χ0n) is 10.1. The lowest BCUT2D eigenvalue weighted by atomic mass is 10.2. The third-order valence-electron chi connectivity index (χ3n) is 3.11. The highest BCUT2D eigenvalue weighted by Crippen LogP contribution is 2.21. The van der Waals surface area contributed by atoms with E-state index < -0.39 is 0 Å². The van der Waals surface area contributed by atoms with E-state index >= 15 is 0 Å². The van der Waals surface area contributed by atoms with E-state index in [0.29, 0.717) is 0 Å². The van der Waals surface area contributed by atoms with Crippen molar-refractivity contribution in [1.29, 1.82) is 0 Å². The highest BCUT2D eigenvalue weighted by atomic mass is 32.2. The third kappa shape index (κ3) is 5.79. The molecule has 0 amide bonds. The molecule has 0 aromatic carbocycles. The van der Waals surface area contributed by atoms with E-state index in [2.05, 4.69) is 23.6 Å². The van der Waals surface area contributed by atoms with Gasteiger partial charge in [0.15, 0.2) is 0 Å². The van der Waals surface area contributed by atoms with Crippen molar-refractivity contribution in [1.82, 2.24) is 4.90 Å². The minimum atomic E-state index is 0.859. The summed E-state index contributed by atoms with van der Waals surface area (Å²) in [6, 6.07) is 0. The van der Waals surface area contributed by atoms with Gasteiger partial charge in [0.25, 0.3) is 0 Å². The fourth-order valence-electron chi connectivity index (χ4n) is 2.06. The van der Waals surface area contributed by atoms with Gasteiger partial charge in [0.2, 0.25) is 0 Å². The van der Waals surface area contributed by atoms with Crippen molar-refractivity contribution < 1.29 is 0 Å². The molecule has 1 fully saturated rings. The largest absolute Gasteiger partial charge is 0.330 e. The monoisotopic (exact) mass is 230 g/mol. The van der Waals surface area contributed by atoms with Crippen LogP contribution in [0.25, 0.3) is 0 Å². The average molecular weight is 230 g/mol. The highest BCUT2D eigenvalue weighted by Gasteiger charge is 2.17. The summed E-state index contributed by atoms with van der Waals surface area (Å²) in [5.41, 5.74) is 5.48. The van der Waals surface area contributed by atoms with Crippen molar-refractivity contribution >= 4 is 11.8 Å². The molecule has 1 heterocycles. The van der Waals surface area contributed by atoms with Gasteiger partial charge in [0, 0.05) is 24.1 Å². The zero-order chi connectivity index (χ0) is 10.9. The lowest BCUT2D eigenvalue weighted by Crippen LogP contribution is -2.38. The summed E-state index contributed by atoms with van der Waals surface area (Å²) >= 11 is 2.16. The maximum Gasteiger partial charge on any atom is 0.0172 e. The molecule has 1 atom stereocenters. The van der Waals surface area contributed by atoms with E-state index in [4.69, 9.17) is 5.73 Å². The molecule has 2 nitrogen and oxygen atoms in total. The molecular formula is C12H26N2S. The fourth-order valence-corrected chi connectivity index (χ4v) is 3.31. The Hall–Kier alpha value is 0.270. The molecule has 15 heavy (non-hydrogen) atoms. The first-order valence-electron chi connectivity index (χ1n) is 6.40. The lowest BCUT2D eigenvalue weighted by molar-refractivity contribution is 0.274. The Labute approximate surface area is 99.0 Å². The first-order chi connectivity index (χ1) is 7.36. The van der Waals surface area contributed by atoms with Crippen LogP contribution in [0.3, 0.4) is 0 Å². The van der Waals surface area contributed by atoms with Crippen LogP contribution in [0.15, 0.2) is 0 Å². The van der Waals surface area contributed by atoms with Crippen LogP contribution in [0.4, 0.5) is 0 Å². The molecular weight excluding hydrogens is 204 g/mol. The van der Waals surface area contributed by atoms with Crippen molar-refractivity contribution in [3.8, 4) is 0 Å². The molecule has 0 saturated carbocycles. The summed E-state index contributed by atoms with van der Waals surface area (Å²) in [5.74, 6) is 1.33. The van der Waals surface area contributed by atoms with Crippen LogP contribution in [0.1, 0.15) is 39.0 Å². The SMILES string of the molecule is CCC1CN(CCCCCCN)CCS1. The van der Waals surface area contributed by atoms with Crippen LogP contribution < -0.4 is 5.73 Å². The Bertz CT molecular complexity index is 153. The molecule has 0 radical (unpaired) electrons. The quantitative estimate of drug-likeness (QED) is 0.681. The molecule has 1 aliphatic rings. The summed E-state index contributed by atoms with van der Waals surface area (Å²) < 4.78 is 0. The van der Waals surface area contributed by atoms with Crippen LogP contribution in [0.5, 0.6) is 0 Å². The molecule has 0 aromatic heterocycles. The Kier molecular flexibility index (Phi) is 7.49. The van der Waals surface area contributed by atoms with Crippen LogP contribution in [-0.4, -0.2) is 42.1 Å². The zero-order valence-corrected chi connectivity index (χ0v) is 10.9. The van der Waals surface area contributed by atoms with Gasteiger partial charge >= 0.3 is 0 Å². The van der Waals surface area contributed by atoms with Gasteiger partial charge < -0.3 is 10.6 Å². The van der Waals surface area contributed by atoms with Gasteiger partial charge in [-0.1, -0.05) is 19.8 Å². The molecule has 0 bridgehead atoms. The molecule has 3 heteroatoms. The number of thioether (sulfide) groups is 1. The first kappa shape index (κ1) is 13.3. The number of nitrogens with two attached hydrogens (primary N) is 1. The molecule has 2 N–H and O–H groups in total. The molecule has 1 rings (SSSR count). The topological polar surface area (TPSA) is 29.3 Å². The Morgan fingerprint density at radius 1 is 1.27 bits per heavy atom. The van der Waals surface area contributed by atoms with Gasteiger partial charge in [-0.25, -0.2) is 0 Å². The van der Waals surface area contributed by atoms with Crippen LogP contribution in [-0.2, 0) is 0 Å². The molecule has 1 aliphatic heterocycles. The second-order valence-electron chi connectivity index (χ2n) is 4.40. The van der Waals surface area contributed by atoms with Gasteiger partial charge in [-0.15, -0.1) is 0 Å². The summed E-state index contributed by atoms with van der Waals surface area (Å²) in [5, 5.41) is 0.891. The van der Waals surface area contributed by atoms with Gasteiger partial charge in [-0.05, 0) is 32.4 Å². The van der Waals surface area contributed by atoms with Crippen molar-refractivity contribution in [2.45, 2.75) is 44.3 Å². The van der Waals surface area contributed by atoms with Gasteiger partial charge in [-0.2, -0.15) is 11.8 Å². The van der Waals surface area contributed by atoms with E-state index in [1.54, 1.807) is 0 Å². The summed E-state index contributed by atoms with van der Waals surface area (Å²) in [6.45, 7) is 7.10. The van der Waals surface area contributed by atoms with Crippen LogP contribution in [0.2, 0.25) is 0 Å². The first-order valence-corrected chi connectivity index (χ1v) is 7.45. The minimum Gasteiger partial charge on any atom is -0.330 e. The Morgan fingerprint density at radius 2 is 2.07 bits per heavy atom. The third-order valence-corrected chi connectivity index (χ3v) is 4.48. The van der Waals surface area contributed by atoms with E-state index in [1.165, 1.54) is 57.5 Å². The standard InChI is InChI=1S/C12H26N2S/c1-2-12-11-14(9-10-15-12)8-6-4-3-5-7-13/h12H,2-11,13H2,1H3. The average Bonchev–Trinajstić information content (AvgIpc) is 2.29. The molecule has 1 unspecified atom stereocenters. The maximum atomic E-state index is 5.48. The van der Waals surface area contributed by atoms with Gasteiger partial charge in [0.1, 0.15) is 0 Å². The van der Waals surface area contributed by atoms with Crippen molar-refractivity contribution in [2.24, 2.45) is 5.73 Å². The minimum absolute atomic E-state index is 0.859. The smallest absolute Gasteiger partial charge is 0.0172 e. The maximum absolute atomic E-state index is 5.48. The van der Waals surface area contributed by atoms with E-state index in [9.17, 15) is 0 Å². The lowest BCUT2D eigenvalue weighted by Gasteiger charge is -2.31. The second-order valence-corrected chi connectivity index (χ2v) is 5.81. The molecule has 1 saturated heterocycles. The normalized spacial score (nSPS) is 23.2. The van der Waals surface area contributed by atoms with Gasteiger partial charge in [-0.3, -0.25) is 0 Å².